The van der Waals surface area contributed by atoms with Crippen molar-refractivity contribution in [1.29, 1.82) is 0 Å². The summed E-state index contributed by atoms with van der Waals surface area (Å²) in [5.74, 6) is -0.156. The van der Waals surface area contributed by atoms with Gasteiger partial charge in [-0.3, -0.25) is 9.59 Å². The van der Waals surface area contributed by atoms with Crippen molar-refractivity contribution in [2.75, 3.05) is 26.7 Å². The van der Waals surface area contributed by atoms with Crippen molar-refractivity contribution < 1.29 is 9.59 Å². The molecule has 0 aliphatic rings. The lowest BCUT2D eigenvalue weighted by atomic mass is 10.0. The summed E-state index contributed by atoms with van der Waals surface area (Å²) < 4.78 is 0. The molecule has 1 rings (SSSR count). The van der Waals surface area contributed by atoms with Gasteiger partial charge in [0, 0.05) is 32.6 Å². The Hall–Kier alpha value is -1.88. The highest BCUT2D eigenvalue weighted by atomic mass is 16.2. The summed E-state index contributed by atoms with van der Waals surface area (Å²) in [4.78, 5) is 27.3. The molecule has 116 valence electrons. The number of hydrogen-bond donors (Lipinski definition) is 1. The topological polar surface area (TPSA) is 66.6 Å². The number of nitrogens with two attached hydrogens (primary N) is 1. The van der Waals surface area contributed by atoms with E-state index in [-0.39, 0.29) is 30.8 Å². The fourth-order valence-corrected chi connectivity index (χ4v) is 2.13. The Balaban J connectivity index is 2.53. The summed E-state index contributed by atoms with van der Waals surface area (Å²) in [6, 6.07) is 9.16. The van der Waals surface area contributed by atoms with Gasteiger partial charge in [-0.1, -0.05) is 30.3 Å². The normalized spacial score (nSPS) is 11.8. The van der Waals surface area contributed by atoms with Gasteiger partial charge in [-0.2, -0.15) is 0 Å². The standard InChI is InChI=1S/C16H25N3O2/c1-4-19(5-2)16(21)12-18(3)15(20)11-14(17)13-9-7-6-8-10-13/h6-10,14H,4-5,11-12,17H2,1-3H3. The second kappa shape index (κ2) is 8.42. The molecule has 0 saturated heterocycles. The van der Waals surface area contributed by atoms with Gasteiger partial charge in [0.25, 0.3) is 0 Å². The van der Waals surface area contributed by atoms with Crippen molar-refractivity contribution in [1.82, 2.24) is 9.80 Å². The lowest BCUT2D eigenvalue weighted by Gasteiger charge is -2.24. The van der Waals surface area contributed by atoms with Gasteiger partial charge < -0.3 is 15.5 Å². The maximum Gasteiger partial charge on any atom is 0.242 e. The molecule has 1 aromatic carbocycles. The third kappa shape index (κ3) is 5.19. The van der Waals surface area contributed by atoms with E-state index in [1.807, 2.05) is 44.2 Å². The first kappa shape index (κ1) is 17.2. The number of nitrogens with zero attached hydrogens (tertiary/aromatic N) is 2. The van der Waals surface area contributed by atoms with Crippen LogP contribution in [0.3, 0.4) is 0 Å². The molecule has 21 heavy (non-hydrogen) atoms. The van der Waals surface area contributed by atoms with E-state index >= 15 is 0 Å². The van der Waals surface area contributed by atoms with E-state index in [2.05, 4.69) is 0 Å². The number of likely N-dealkylation sites (N-methyl/N-ethyl adjacent to an activating group) is 2. The van der Waals surface area contributed by atoms with Crippen LogP contribution < -0.4 is 5.73 Å². The Morgan fingerprint density at radius 3 is 2.19 bits per heavy atom. The zero-order chi connectivity index (χ0) is 15.8. The molecule has 0 radical (unpaired) electrons. The molecule has 0 heterocycles. The first-order valence-corrected chi connectivity index (χ1v) is 7.31. The molecule has 1 unspecified atom stereocenters. The van der Waals surface area contributed by atoms with Gasteiger partial charge in [0.05, 0.1) is 6.54 Å². The minimum Gasteiger partial charge on any atom is -0.342 e. The van der Waals surface area contributed by atoms with Crippen molar-refractivity contribution >= 4 is 11.8 Å². The summed E-state index contributed by atoms with van der Waals surface area (Å²) in [5, 5.41) is 0. The zero-order valence-electron chi connectivity index (χ0n) is 13.1. The van der Waals surface area contributed by atoms with Crippen molar-refractivity contribution in [3.8, 4) is 0 Å². The molecule has 2 amide bonds. The molecule has 1 aromatic rings. The van der Waals surface area contributed by atoms with Crippen LogP contribution >= 0.6 is 0 Å². The molecule has 0 aliphatic carbocycles. The highest BCUT2D eigenvalue weighted by molar-refractivity contribution is 5.85. The molecule has 5 nitrogen and oxygen atoms in total. The first-order valence-electron chi connectivity index (χ1n) is 7.31. The van der Waals surface area contributed by atoms with E-state index in [0.717, 1.165) is 5.56 Å². The van der Waals surface area contributed by atoms with Crippen LogP contribution in [0.1, 0.15) is 31.9 Å². The second-order valence-electron chi connectivity index (χ2n) is 5.04. The van der Waals surface area contributed by atoms with Crippen molar-refractivity contribution in [2.45, 2.75) is 26.3 Å². The van der Waals surface area contributed by atoms with Crippen LogP contribution in [-0.2, 0) is 9.59 Å². The van der Waals surface area contributed by atoms with E-state index in [0.29, 0.717) is 13.1 Å². The smallest absolute Gasteiger partial charge is 0.242 e. The van der Waals surface area contributed by atoms with Crippen LogP contribution in [0.2, 0.25) is 0 Å². The third-order valence-electron chi connectivity index (χ3n) is 3.54. The SMILES string of the molecule is CCN(CC)C(=O)CN(C)C(=O)CC(N)c1ccccc1. The van der Waals surface area contributed by atoms with Gasteiger partial charge in [0.1, 0.15) is 0 Å². The van der Waals surface area contributed by atoms with E-state index in [1.54, 1.807) is 11.9 Å². The Kier molecular flexibility index (Phi) is 6.88. The fraction of sp³-hybridized carbons (Fsp3) is 0.500. The van der Waals surface area contributed by atoms with Crippen LogP contribution in [0.25, 0.3) is 0 Å². The van der Waals surface area contributed by atoms with E-state index in [4.69, 9.17) is 5.73 Å². The molecule has 1 atom stereocenters. The van der Waals surface area contributed by atoms with Gasteiger partial charge in [-0.15, -0.1) is 0 Å². The van der Waals surface area contributed by atoms with E-state index in [1.165, 1.54) is 4.90 Å². The lowest BCUT2D eigenvalue weighted by Crippen LogP contribution is -2.41. The van der Waals surface area contributed by atoms with Gasteiger partial charge in [0.15, 0.2) is 0 Å². The molecule has 0 aliphatic heterocycles. The van der Waals surface area contributed by atoms with Gasteiger partial charge in [-0.25, -0.2) is 0 Å². The lowest BCUT2D eigenvalue weighted by molar-refractivity contribution is -0.139. The number of carbonyl (C=O) groups excluding carboxylic acids is 2. The Bertz CT molecular complexity index is 458. The zero-order valence-corrected chi connectivity index (χ0v) is 13.1. The molecule has 0 spiro atoms. The number of carbonyl (C=O) groups is 2. The quantitative estimate of drug-likeness (QED) is 0.826. The molecular formula is C16H25N3O2. The van der Waals surface area contributed by atoms with E-state index < -0.39 is 0 Å². The summed E-state index contributed by atoms with van der Waals surface area (Å²) in [6.07, 6.45) is 0.200. The van der Waals surface area contributed by atoms with Crippen LogP contribution in [0.5, 0.6) is 0 Å². The number of benzene rings is 1. The largest absolute Gasteiger partial charge is 0.342 e. The predicted molar refractivity (Wildman–Crippen MR) is 83.6 cm³/mol. The molecule has 0 fully saturated rings. The Morgan fingerprint density at radius 1 is 1.10 bits per heavy atom. The van der Waals surface area contributed by atoms with Gasteiger partial charge in [-0.05, 0) is 19.4 Å². The predicted octanol–water partition coefficient (Wildman–Crippen LogP) is 1.40. The highest BCUT2D eigenvalue weighted by Crippen LogP contribution is 2.14. The van der Waals surface area contributed by atoms with Crippen LogP contribution in [-0.4, -0.2) is 48.3 Å². The number of rotatable bonds is 7. The van der Waals surface area contributed by atoms with Crippen LogP contribution in [0, 0.1) is 0 Å². The summed E-state index contributed by atoms with van der Waals surface area (Å²) in [5.41, 5.74) is 6.96. The maximum absolute atomic E-state index is 12.1. The number of amides is 2. The highest BCUT2D eigenvalue weighted by Gasteiger charge is 2.19. The maximum atomic E-state index is 12.1. The molecule has 2 N–H and O–H groups in total. The van der Waals surface area contributed by atoms with Crippen LogP contribution in [0.15, 0.2) is 30.3 Å². The number of hydrogen-bond acceptors (Lipinski definition) is 3. The Labute approximate surface area is 126 Å². The summed E-state index contributed by atoms with van der Waals surface area (Å²) >= 11 is 0. The van der Waals surface area contributed by atoms with Crippen LogP contribution in [0.4, 0.5) is 0 Å². The fourth-order valence-electron chi connectivity index (χ4n) is 2.13. The first-order chi connectivity index (χ1) is 9.99. The monoisotopic (exact) mass is 291 g/mol. The summed E-state index contributed by atoms with van der Waals surface area (Å²) in [6.45, 7) is 5.26. The molecule has 0 bridgehead atoms. The van der Waals surface area contributed by atoms with Gasteiger partial charge >= 0.3 is 0 Å². The second-order valence-corrected chi connectivity index (χ2v) is 5.04. The average molecular weight is 291 g/mol. The van der Waals surface area contributed by atoms with Crippen molar-refractivity contribution in [3.05, 3.63) is 35.9 Å². The third-order valence-corrected chi connectivity index (χ3v) is 3.54. The van der Waals surface area contributed by atoms with Crippen molar-refractivity contribution in [2.24, 2.45) is 5.73 Å². The average Bonchev–Trinajstić information content (AvgIpc) is 2.49. The minimum absolute atomic E-state index is 0.0378. The van der Waals surface area contributed by atoms with Gasteiger partial charge in [0.2, 0.25) is 11.8 Å². The molecule has 0 aromatic heterocycles. The minimum atomic E-state index is -0.343. The summed E-state index contributed by atoms with van der Waals surface area (Å²) in [7, 11) is 1.64. The molecular weight excluding hydrogens is 266 g/mol. The Morgan fingerprint density at radius 2 is 1.67 bits per heavy atom. The van der Waals surface area contributed by atoms with E-state index in [9.17, 15) is 9.59 Å². The molecule has 5 heteroatoms. The van der Waals surface area contributed by atoms with Crippen molar-refractivity contribution in [3.63, 3.8) is 0 Å². The molecule has 0 saturated carbocycles.